The Morgan fingerprint density at radius 2 is 2.00 bits per heavy atom. The molecule has 2 aliphatic heterocycles. The number of aryl methyl sites for hydroxylation is 1. The van der Waals surface area contributed by atoms with E-state index >= 15 is 0 Å². The number of hydrogen-bond donors (Lipinski definition) is 0. The highest BCUT2D eigenvalue weighted by atomic mass is 16.5. The highest BCUT2D eigenvalue weighted by Crippen LogP contribution is 2.22. The van der Waals surface area contributed by atoms with Gasteiger partial charge >= 0.3 is 0 Å². The maximum absolute atomic E-state index is 12.5. The Morgan fingerprint density at radius 1 is 1.22 bits per heavy atom. The van der Waals surface area contributed by atoms with Crippen LogP contribution in [0.5, 0.6) is 0 Å². The summed E-state index contributed by atoms with van der Waals surface area (Å²) in [4.78, 5) is 17.0. The predicted molar refractivity (Wildman–Crippen MR) is 107 cm³/mol. The van der Waals surface area contributed by atoms with E-state index in [1.807, 2.05) is 4.90 Å². The predicted octanol–water partition coefficient (Wildman–Crippen LogP) is 2.86. The van der Waals surface area contributed by atoms with Crippen molar-refractivity contribution in [2.24, 2.45) is 5.92 Å². The fraction of sp³-hybridized carbons (Fsp3) is 0.682. The number of ether oxygens (including phenoxy) is 2. The molecule has 150 valence electrons. The van der Waals surface area contributed by atoms with Gasteiger partial charge in [0.25, 0.3) is 0 Å². The van der Waals surface area contributed by atoms with E-state index in [2.05, 4.69) is 36.1 Å². The van der Waals surface area contributed by atoms with Crippen LogP contribution in [-0.2, 0) is 20.8 Å². The quantitative estimate of drug-likeness (QED) is 0.702. The topological polar surface area (TPSA) is 42.0 Å². The molecule has 0 radical (unpaired) electrons. The van der Waals surface area contributed by atoms with Gasteiger partial charge in [-0.15, -0.1) is 0 Å². The molecular formula is C22H34N2O3. The van der Waals surface area contributed by atoms with Crippen molar-refractivity contribution in [2.75, 3.05) is 46.5 Å². The zero-order valence-corrected chi connectivity index (χ0v) is 16.9. The molecule has 2 saturated heterocycles. The molecule has 0 aromatic heterocycles. The van der Waals surface area contributed by atoms with Gasteiger partial charge in [0.2, 0.25) is 5.91 Å². The highest BCUT2D eigenvalue weighted by Gasteiger charge is 2.27. The van der Waals surface area contributed by atoms with Crippen molar-refractivity contribution in [3.05, 3.63) is 35.4 Å². The summed E-state index contributed by atoms with van der Waals surface area (Å²) in [6.07, 6.45) is 4.66. The monoisotopic (exact) mass is 374 g/mol. The van der Waals surface area contributed by atoms with Crippen molar-refractivity contribution in [1.29, 1.82) is 0 Å². The second-order valence-electron chi connectivity index (χ2n) is 8.01. The molecule has 0 bridgehead atoms. The summed E-state index contributed by atoms with van der Waals surface area (Å²) in [6, 6.07) is 8.64. The minimum atomic E-state index is 0.0929. The molecule has 27 heavy (non-hydrogen) atoms. The zero-order valence-electron chi connectivity index (χ0n) is 16.9. The van der Waals surface area contributed by atoms with E-state index in [1.165, 1.54) is 11.1 Å². The van der Waals surface area contributed by atoms with Crippen molar-refractivity contribution in [2.45, 2.75) is 45.3 Å². The van der Waals surface area contributed by atoms with E-state index in [-0.39, 0.29) is 18.6 Å². The molecule has 2 fully saturated rings. The highest BCUT2D eigenvalue weighted by molar-refractivity contribution is 5.77. The van der Waals surface area contributed by atoms with E-state index in [9.17, 15) is 4.79 Å². The Balaban J connectivity index is 1.49. The van der Waals surface area contributed by atoms with Crippen LogP contribution in [0.2, 0.25) is 0 Å². The van der Waals surface area contributed by atoms with E-state index in [4.69, 9.17) is 9.47 Å². The van der Waals surface area contributed by atoms with Gasteiger partial charge in [-0.2, -0.15) is 0 Å². The number of amides is 1. The van der Waals surface area contributed by atoms with Gasteiger partial charge in [-0.3, -0.25) is 9.69 Å². The van der Waals surface area contributed by atoms with Gasteiger partial charge < -0.3 is 14.4 Å². The molecule has 1 aromatic carbocycles. The first kappa shape index (κ1) is 20.3. The van der Waals surface area contributed by atoms with Crippen LogP contribution in [0.25, 0.3) is 0 Å². The van der Waals surface area contributed by atoms with Crippen molar-refractivity contribution in [3.8, 4) is 0 Å². The molecule has 1 atom stereocenters. The van der Waals surface area contributed by atoms with Crippen molar-refractivity contribution >= 4 is 5.91 Å². The molecule has 0 N–H and O–H groups in total. The lowest BCUT2D eigenvalue weighted by Crippen LogP contribution is -2.44. The zero-order chi connectivity index (χ0) is 19.1. The molecular weight excluding hydrogens is 340 g/mol. The van der Waals surface area contributed by atoms with E-state index in [0.717, 1.165) is 58.5 Å². The number of carbonyl (C=O) groups is 1. The van der Waals surface area contributed by atoms with Gasteiger partial charge in [0.1, 0.15) is 6.61 Å². The SMILES string of the molecule is COCC(=O)N(CC1CCN(Cc2ccccc2C)CC1)C[C@@H]1CCCO1. The Morgan fingerprint density at radius 3 is 2.67 bits per heavy atom. The summed E-state index contributed by atoms with van der Waals surface area (Å²) in [7, 11) is 1.59. The van der Waals surface area contributed by atoms with Crippen LogP contribution in [-0.4, -0.2) is 68.3 Å². The summed E-state index contributed by atoms with van der Waals surface area (Å²) in [5, 5.41) is 0. The van der Waals surface area contributed by atoms with Crippen LogP contribution in [0.4, 0.5) is 0 Å². The second kappa shape index (κ2) is 10.2. The molecule has 0 saturated carbocycles. The van der Waals surface area contributed by atoms with Gasteiger partial charge in [0.05, 0.1) is 6.10 Å². The second-order valence-corrected chi connectivity index (χ2v) is 8.01. The Kier molecular flexibility index (Phi) is 7.68. The lowest BCUT2D eigenvalue weighted by Gasteiger charge is -2.35. The average molecular weight is 375 g/mol. The number of methoxy groups -OCH3 is 1. The fourth-order valence-electron chi connectivity index (χ4n) is 4.19. The molecule has 0 aliphatic carbocycles. The van der Waals surface area contributed by atoms with Crippen LogP contribution in [0.1, 0.15) is 36.8 Å². The van der Waals surface area contributed by atoms with Crippen molar-refractivity contribution in [1.82, 2.24) is 9.80 Å². The molecule has 1 amide bonds. The third kappa shape index (κ3) is 6.03. The van der Waals surface area contributed by atoms with E-state index in [0.29, 0.717) is 12.5 Å². The fourth-order valence-corrected chi connectivity index (χ4v) is 4.19. The third-order valence-corrected chi connectivity index (χ3v) is 5.91. The molecule has 0 spiro atoms. The number of piperidine rings is 1. The molecule has 2 aliphatic rings. The van der Waals surface area contributed by atoms with Crippen molar-refractivity contribution in [3.63, 3.8) is 0 Å². The van der Waals surface area contributed by atoms with E-state index < -0.39 is 0 Å². The smallest absolute Gasteiger partial charge is 0.248 e. The number of carbonyl (C=O) groups excluding carboxylic acids is 1. The van der Waals surface area contributed by atoms with Crippen LogP contribution in [0.15, 0.2) is 24.3 Å². The Hall–Kier alpha value is -1.43. The normalized spacial score (nSPS) is 21.5. The number of benzene rings is 1. The van der Waals surface area contributed by atoms with Gasteiger partial charge in [-0.1, -0.05) is 24.3 Å². The minimum absolute atomic E-state index is 0.0929. The first-order valence-corrected chi connectivity index (χ1v) is 10.3. The number of rotatable bonds is 8. The van der Waals surface area contributed by atoms with Gasteiger partial charge in [0.15, 0.2) is 0 Å². The molecule has 0 unspecified atom stereocenters. The molecule has 5 heteroatoms. The van der Waals surface area contributed by atoms with Gasteiger partial charge in [-0.25, -0.2) is 0 Å². The summed E-state index contributed by atoms with van der Waals surface area (Å²) in [5.74, 6) is 0.663. The lowest BCUT2D eigenvalue weighted by atomic mass is 9.95. The molecule has 2 heterocycles. The maximum Gasteiger partial charge on any atom is 0.248 e. The molecule has 5 nitrogen and oxygen atoms in total. The average Bonchev–Trinajstić information content (AvgIpc) is 3.18. The minimum Gasteiger partial charge on any atom is -0.376 e. The van der Waals surface area contributed by atoms with Gasteiger partial charge in [0, 0.05) is 33.4 Å². The first-order valence-electron chi connectivity index (χ1n) is 10.3. The Bertz CT molecular complexity index is 593. The molecule has 3 rings (SSSR count). The Labute approximate surface area is 163 Å². The van der Waals surface area contributed by atoms with E-state index in [1.54, 1.807) is 7.11 Å². The number of nitrogens with zero attached hydrogens (tertiary/aromatic N) is 2. The summed E-state index contributed by atoms with van der Waals surface area (Å²) in [6.45, 7) is 7.96. The standard InChI is InChI=1S/C22H34N2O3/c1-18-6-3-4-7-20(18)15-23-11-9-19(10-12-23)14-24(22(25)17-26-2)16-21-8-5-13-27-21/h3-4,6-7,19,21H,5,8-17H2,1-2H3/t21-/m0/s1. The third-order valence-electron chi connectivity index (χ3n) is 5.91. The summed E-state index contributed by atoms with van der Waals surface area (Å²) >= 11 is 0. The van der Waals surface area contributed by atoms with Crippen LogP contribution in [0.3, 0.4) is 0 Å². The largest absolute Gasteiger partial charge is 0.376 e. The van der Waals surface area contributed by atoms with Crippen LogP contribution in [0, 0.1) is 12.8 Å². The first-order chi connectivity index (χ1) is 13.2. The summed E-state index contributed by atoms with van der Waals surface area (Å²) < 4.78 is 10.8. The number of hydrogen-bond acceptors (Lipinski definition) is 4. The van der Waals surface area contributed by atoms with Crippen LogP contribution < -0.4 is 0 Å². The lowest BCUT2D eigenvalue weighted by molar-refractivity contribution is -0.137. The van der Waals surface area contributed by atoms with Gasteiger partial charge in [-0.05, 0) is 62.7 Å². The molecule has 1 aromatic rings. The maximum atomic E-state index is 12.5. The summed E-state index contributed by atoms with van der Waals surface area (Å²) in [5.41, 5.74) is 2.79. The van der Waals surface area contributed by atoms with Crippen molar-refractivity contribution < 1.29 is 14.3 Å². The van der Waals surface area contributed by atoms with Crippen LogP contribution >= 0.6 is 0 Å². The number of likely N-dealkylation sites (tertiary alicyclic amines) is 1.